The zero-order valence-corrected chi connectivity index (χ0v) is 13.2. The van der Waals surface area contributed by atoms with E-state index in [0.717, 1.165) is 25.7 Å². The predicted octanol–water partition coefficient (Wildman–Crippen LogP) is 2.95. The summed E-state index contributed by atoms with van der Waals surface area (Å²) in [5, 5.41) is 9.04. The number of rotatable bonds is 5. The molecular formula is C16H22N2O2S. The van der Waals surface area contributed by atoms with Crippen LogP contribution in [0.15, 0.2) is 24.3 Å². The number of sulfonamides is 1. The highest BCUT2D eigenvalue weighted by atomic mass is 32.2. The molecule has 1 fully saturated rings. The van der Waals surface area contributed by atoms with Crippen LogP contribution in [0.1, 0.15) is 50.2 Å². The lowest BCUT2D eigenvalue weighted by atomic mass is 9.85. The molecule has 0 bridgehead atoms. The fraction of sp³-hybridized carbons (Fsp3) is 0.562. The second kappa shape index (κ2) is 7.06. The molecule has 1 aliphatic carbocycles. The Morgan fingerprint density at radius 2 is 2.10 bits per heavy atom. The minimum Gasteiger partial charge on any atom is -0.212 e. The van der Waals surface area contributed by atoms with E-state index < -0.39 is 10.0 Å². The number of nitrogens with one attached hydrogen (secondary N) is 1. The first kappa shape index (κ1) is 16.0. The predicted molar refractivity (Wildman–Crippen MR) is 83.0 cm³/mol. The first-order valence-corrected chi connectivity index (χ1v) is 9.17. The molecule has 1 aromatic carbocycles. The molecule has 2 unspecified atom stereocenters. The molecule has 0 aliphatic heterocycles. The molecule has 2 atom stereocenters. The highest BCUT2D eigenvalue weighted by Gasteiger charge is 2.25. The Bertz CT molecular complexity index is 619. The van der Waals surface area contributed by atoms with Crippen molar-refractivity contribution < 1.29 is 8.42 Å². The average Bonchev–Trinajstić information content (AvgIpc) is 2.47. The van der Waals surface area contributed by atoms with Crippen LogP contribution in [0, 0.1) is 17.2 Å². The van der Waals surface area contributed by atoms with Gasteiger partial charge in [-0.15, -0.1) is 0 Å². The van der Waals surface area contributed by atoms with Gasteiger partial charge in [-0.2, -0.15) is 5.26 Å². The summed E-state index contributed by atoms with van der Waals surface area (Å²) in [5.74, 6) is 0.502. The SMILES string of the molecule is CCC1CCCC(NS(=O)(=O)Cc2ccccc2C#N)C1. The Morgan fingerprint density at radius 1 is 1.33 bits per heavy atom. The van der Waals surface area contributed by atoms with Crippen molar-refractivity contribution in [3.8, 4) is 6.07 Å². The van der Waals surface area contributed by atoms with Gasteiger partial charge in [-0.25, -0.2) is 13.1 Å². The standard InChI is InChI=1S/C16H22N2O2S/c1-2-13-6-5-9-16(10-13)18-21(19,20)12-15-8-4-3-7-14(15)11-17/h3-4,7-8,13,16,18H,2,5-6,9-10,12H2,1H3. The number of hydrogen-bond acceptors (Lipinski definition) is 3. The van der Waals surface area contributed by atoms with Gasteiger partial charge in [0, 0.05) is 6.04 Å². The Labute approximate surface area is 127 Å². The molecule has 0 spiro atoms. The molecule has 1 saturated carbocycles. The topological polar surface area (TPSA) is 70.0 Å². The third kappa shape index (κ3) is 4.55. The summed E-state index contributed by atoms with van der Waals surface area (Å²) in [6.07, 6.45) is 5.23. The van der Waals surface area contributed by atoms with Crippen molar-refractivity contribution in [3.05, 3.63) is 35.4 Å². The summed E-state index contributed by atoms with van der Waals surface area (Å²) >= 11 is 0. The summed E-state index contributed by atoms with van der Waals surface area (Å²) in [5.41, 5.74) is 0.994. The second-order valence-corrected chi connectivity index (χ2v) is 7.54. The molecule has 0 saturated heterocycles. The third-order valence-electron chi connectivity index (χ3n) is 4.19. The quantitative estimate of drug-likeness (QED) is 0.909. The summed E-state index contributed by atoms with van der Waals surface area (Å²) in [4.78, 5) is 0. The van der Waals surface area contributed by atoms with E-state index in [2.05, 4.69) is 11.6 Å². The molecule has 0 aromatic heterocycles. The molecule has 0 radical (unpaired) electrons. The maximum absolute atomic E-state index is 12.3. The molecule has 114 valence electrons. The fourth-order valence-electron chi connectivity index (χ4n) is 3.02. The van der Waals surface area contributed by atoms with Crippen molar-refractivity contribution in [1.82, 2.24) is 4.72 Å². The number of hydrogen-bond donors (Lipinski definition) is 1. The lowest BCUT2D eigenvalue weighted by molar-refractivity contribution is 0.301. The van der Waals surface area contributed by atoms with Gasteiger partial charge in [-0.05, 0) is 30.4 Å². The minimum absolute atomic E-state index is 0.0444. The lowest BCUT2D eigenvalue weighted by Crippen LogP contribution is -2.39. The van der Waals surface area contributed by atoms with Crippen molar-refractivity contribution in [2.45, 2.75) is 50.8 Å². The van der Waals surface area contributed by atoms with Gasteiger partial charge in [0.1, 0.15) is 0 Å². The highest BCUT2D eigenvalue weighted by Crippen LogP contribution is 2.27. The Kier molecular flexibility index (Phi) is 5.38. The first-order valence-electron chi connectivity index (χ1n) is 7.52. The van der Waals surface area contributed by atoms with Gasteiger partial charge in [-0.3, -0.25) is 0 Å². The van der Waals surface area contributed by atoms with Crippen molar-refractivity contribution >= 4 is 10.0 Å². The Balaban J connectivity index is 2.04. The van der Waals surface area contributed by atoms with Crippen LogP contribution in [0.25, 0.3) is 0 Å². The maximum atomic E-state index is 12.3. The summed E-state index contributed by atoms with van der Waals surface area (Å²) in [6.45, 7) is 2.16. The molecule has 1 aliphatic rings. The molecule has 5 heteroatoms. The normalized spacial score (nSPS) is 22.7. The first-order chi connectivity index (χ1) is 10.0. The van der Waals surface area contributed by atoms with E-state index in [1.54, 1.807) is 24.3 Å². The van der Waals surface area contributed by atoms with Crippen molar-refractivity contribution in [3.63, 3.8) is 0 Å². The minimum atomic E-state index is -3.40. The van der Waals surface area contributed by atoms with Gasteiger partial charge >= 0.3 is 0 Å². The van der Waals surface area contributed by atoms with Crippen molar-refractivity contribution in [1.29, 1.82) is 5.26 Å². The summed E-state index contributed by atoms with van der Waals surface area (Å²) in [7, 11) is -3.40. The van der Waals surface area contributed by atoms with Gasteiger partial charge in [0.05, 0.1) is 17.4 Å². The van der Waals surface area contributed by atoms with E-state index in [4.69, 9.17) is 5.26 Å². The highest BCUT2D eigenvalue weighted by molar-refractivity contribution is 7.88. The van der Waals surface area contributed by atoms with E-state index in [-0.39, 0.29) is 11.8 Å². The van der Waals surface area contributed by atoms with E-state index in [1.165, 1.54) is 6.42 Å². The molecule has 1 N–H and O–H groups in total. The Morgan fingerprint density at radius 3 is 2.81 bits per heavy atom. The van der Waals surface area contributed by atoms with E-state index in [0.29, 0.717) is 17.0 Å². The van der Waals surface area contributed by atoms with Crippen LogP contribution in [0.3, 0.4) is 0 Å². The van der Waals surface area contributed by atoms with Gasteiger partial charge in [0.2, 0.25) is 10.0 Å². The van der Waals surface area contributed by atoms with Crippen LogP contribution in [-0.4, -0.2) is 14.5 Å². The van der Waals surface area contributed by atoms with Crippen LogP contribution in [0.2, 0.25) is 0 Å². The van der Waals surface area contributed by atoms with Gasteiger partial charge in [-0.1, -0.05) is 44.4 Å². The molecule has 21 heavy (non-hydrogen) atoms. The summed E-state index contributed by atoms with van der Waals surface area (Å²) < 4.78 is 27.4. The smallest absolute Gasteiger partial charge is 0.212 e. The van der Waals surface area contributed by atoms with Crippen LogP contribution < -0.4 is 4.72 Å². The zero-order valence-electron chi connectivity index (χ0n) is 12.4. The van der Waals surface area contributed by atoms with Crippen molar-refractivity contribution in [2.24, 2.45) is 5.92 Å². The van der Waals surface area contributed by atoms with Gasteiger partial charge in [0.15, 0.2) is 0 Å². The van der Waals surface area contributed by atoms with Crippen molar-refractivity contribution in [2.75, 3.05) is 0 Å². The number of nitrogens with zero attached hydrogens (tertiary/aromatic N) is 1. The molecule has 1 aromatic rings. The average molecular weight is 306 g/mol. The van der Waals surface area contributed by atoms with Crippen LogP contribution in [0.5, 0.6) is 0 Å². The molecule has 0 amide bonds. The van der Waals surface area contributed by atoms with Gasteiger partial charge in [0.25, 0.3) is 0 Å². The maximum Gasteiger partial charge on any atom is 0.216 e. The summed E-state index contributed by atoms with van der Waals surface area (Å²) in [6, 6.07) is 8.95. The van der Waals surface area contributed by atoms with E-state index >= 15 is 0 Å². The Hall–Kier alpha value is -1.38. The van der Waals surface area contributed by atoms with Gasteiger partial charge < -0.3 is 0 Å². The molecule has 4 nitrogen and oxygen atoms in total. The van der Waals surface area contributed by atoms with Crippen LogP contribution in [-0.2, 0) is 15.8 Å². The molecular weight excluding hydrogens is 284 g/mol. The monoisotopic (exact) mass is 306 g/mol. The molecule has 2 rings (SSSR count). The number of nitriles is 1. The lowest BCUT2D eigenvalue weighted by Gasteiger charge is -2.28. The van der Waals surface area contributed by atoms with Crippen LogP contribution >= 0.6 is 0 Å². The van der Waals surface area contributed by atoms with E-state index in [1.807, 2.05) is 6.07 Å². The molecule has 0 heterocycles. The number of benzene rings is 1. The van der Waals surface area contributed by atoms with Crippen LogP contribution in [0.4, 0.5) is 0 Å². The third-order valence-corrected chi connectivity index (χ3v) is 5.57. The fourth-order valence-corrected chi connectivity index (χ4v) is 4.49. The second-order valence-electron chi connectivity index (χ2n) is 5.78. The van der Waals surface area contributed by atoms with E-state index in [9.17, 15) is 8.42 Å². The zero-order chi connectivity index (χ0) is 15.3. The largest absolute Gasteiger partial charge is 0.216 e.